The zero-order chi connectivity index (χ0) is 20.3. The lowest BCUT2D eigenvalue weighted by atomic mass is 10.2. The molecule has 0 aliphatic heterocycles. The molecule has 0 aliphatic rings. The van der Waals surface area contributed by atoms with E-state index < -0.39 is 22.9 Å². The van der Waals surface area contributed by atoms with Gasteiger partial charge in [-0.1, -0.05) is 5.21 Å². The average Bonchev–Trinajstić information content (AvgIpc) is 3.10. The summed E-state index contributed by atoms with van der Waals surface area (Å²) in [7, 11) is 0. The van der Waals surface area contributed by atoms with Gasteiger partial charge in [-0.2, -0.15) is 0 Å². The Morgan fingerprint density at radius 2 is 1.96 bits per heavy atom. The van der Waals surface area contributed by atoms with E-state index in [2.05, 4.69) is 15.6 Å². The third-order valence-corrected chi connectivity index (χ3v) is 4.05. The summed E-state index contributed by atoms with van der Waals surface area (Å²) in [5.74, 6) is -1.22. The first-order valence-electron chi connectivity index (χ1n) is 8.48. The number of nitrogens with one attached hydrogen (secondary N) is 1. The van der Waals surface area contributed by atoms with Crippen LogP contribution in [0.2, 0.25) is 0 Å². The van der Waals surface area contributed by atoms with Crippen LogP contribution in [0.1, 0.15) is 24.2 Å². The lowest BCUT2D eigenvalue weighted by molar-refractivity contribution is -0.384. The number of carbonyl (C=O) groups excluding carboxylic acids is 2. The summed E-state index contributed by atoms with van der Waals surface area (Å²) >= 11 is 0. The monoisotopic (exact) mass is 383 g/mol. The van der Waals surface area contributed by atoms with E-state index in [0.29, 0.717) is 17.7 Å². The van der Waals surface area contributed by atoms with Crippen LogP contribution in [0.25, 0.3) is 11.0 Å². The molecule has 0 unspecified atom stereocenters. The lowest BCUT2D eigenvalue weighted by Crippen LogP contribution is -2.30. The minimum absolute atomic E-state index is 0.0899. The highest BCUT2D eigenvalue weighted by atomic mass is 16.6. The molecule has 0 aliphatic carbocycles. The molecule has 0 radical (unpaired) electrons. The number of nitrogens with zero attached hydrogens (tertiary/aromatic N) is 4. The van der Waals surface area contributed by atoms with Crippen LogP contribution >= 0.6 is 0 Å². The standard InChI is InChI=1S/C18H17N5O5/c1-3-22-16-9-4-12(10-15(16)20-21-22)18(25)28-11(2)17(24)19-13-5-7-14(8-6-13)23(26)27/h4-11H,3H2,1-2H3,(H,19,24)/t11-/m1/s1. The van der Waals surface area contributed by atoms with Crippen LogP contribution in [0.5, 0.6) is 0 Å². The molecule has 28 heavy (non-hydrogen) atoms. The fourth-order valence-electron chi connectivity index (χ4n) is 2.53. The van der Waals surface area contributed by atoms with Gasteiger partial charge in [0.1, 0.15) is 5.52 Å². The number of carbonyl (C=O) groups is 2. The van der Waals surface area contributed by atoms with Gasteiger partial charge in [-0.3, -0.25) is 14.9 Å². The molecule has 0 saturated heterocycles. The number of hydrogen-bond donors (Lipinski definition) is 1. The fourth-order valence-corrected chi connectivity index (χ4v) is 2.53. The molecule has 1 amide bonds. The molecule has 2 aromatic carbocycles. The van der Waals surface area contributed by atoms with Gasteiger partial charge in [0.05, 0.1) is 16.0 Å². The molecular formula is C18H17N5O5. The average molecular weight is 383 g/mol. The summed E-state index contributed by atoms with van der Waals surface area (Å²) in [5.41, 5.74) is 1.87. The van der Waals surface area contributed by atoms with Crippen molar-refractivity contribution >= 4 is 34.3 Å². The molecule has 10 nitrogen and oxygen atoms in total. The van der Waals surface area contributed by atoms with Gasteiger partial charge in [-0.05, 0) is 44.2 Å². The summed E-state index contributed by atoms with van der Waals surface area (Å²) in [6.07, 6.45) is -1.07. The van der Waals surface area contributed by atoms with Gasteiger partial charge in [0.25, 0.3) is 11.6 Å². The number of esters is 1. The quantitative estimate of drug-likeness (QED) is 0.393. The normalized spacial score (nSPS) is 11.8. The molecule has 0 spiro atoms. The Bertz CT molecular complexity index is 1040. The Kier molecular flexibility index (Phi) is 5.30. The van der Waals surface area contributed by atoms with Crippen molar-refractivity contribution in [3.63, 3.8) is 0 Å². The van der Waals surface area contributed by atoms with Crippen LogP contribution in [0.3, 0.4) is 0 Å². The summed E-state index contributed by atoms with van der Waals surface area (Å²) in [5, 5.41) is 21.2. The van der Waals surface area contributed by atoms with Crippen LogP contribution in [0.15, 0.2) is 42.5 Å². The zero-order valence-corrected chi connectivity index (χ0v) is 15.2. The predicted octanol–water partition coefficient (Wildman–Crippen LogP) is 2.54. The van der Waals surface area contributed by atoms with Crippen LogP contribution < -0.4 is 5.32 Å². The number of rotatable bonds is 6. The summed E-state index contributed by atoms with van der Waals surface area (Å²) in [4.78, 5) is 34.6. The smallest absolute Gasteiger partial charge is 0.338 e. The second-order valence-electron chi connectivity index (χ2n) is 5.95. The SMILES string of the molecule is CCn1nnc2cc(C(=O)O[C@H](C)C(=O)Nc3ccc([N+](=O)[O-])cc3)ccc21. The largest absolute Gasteiger partial charge is 0.449 e. The number of amides is 1. The van der Waals surface area contributed by atoms with Crippen LogP contribution in [0.4, 0.5) is 11.4 Å². The number of benzene rings is 2. The summed E-state index contributed by atoms with van der Waals surface area (Å²) in [6.45, 7) is 4.02. The Hall–Kier alpha value is -3.82. The highest BCUT2D eigenvalue weighted by Crippen LogP contribution is 2.17. The van der Waals surface area contributed by atoms with E-state index in [9.17, 15) is 19.7 Å². The van der Waals surface area contributed by atoms with E-state index in [1.807, 2.05) is 6.92 Å². The van der Waals surface area contributed by atoms with Gasteiger partial charge < -0.3 is 10.1 Å². The van der Waals surface area contributed by atoms with Gasteiger partial charge >= 0.3 is 5.97 Å². The van der Waals surface area contributed by atoms with Gasteiger partial charge in [-0.25, -0.2) is 9.48 Å². The van der Waals surface area contributed by atoms with E-state index in [-0.39, 0.29) is 11.3 Å². The molecule has 0 saturated carbocycles. The first-order valence-corrected chi connectivity index (χ1v) is 8.48. The van der Waals surface area contributed by atoms with Gasteiger partial charge in [0.15, 0.2) is 6.10 Å². The number of fused-ring (bicyclic) bond motifs is 1. The van der Waals surface area contributed by atoms with E-state index in [4.69, 9.17) is 4.74 Å². The van der Waals surface area contributed by atoms with Crippen molar-refractivity contribution in [1.82, 2.24) is 15.0 Å². The predicted molar refractivity (Wildman–Crippen MR) is 99.8 cm³/mol. The Labute approximate surface area is 159 Å². The van der Waals surface area contributed by atoms with Crippen molar-refractivity contribution in [2.24, 2.45) is 0 Å². The minimum atomic E-state index is -1.07. The maximum atomic E-state index is 12.3. The molecule has 1 atom stereocenters. The lowest BCUT2D eigenvalue weighted by Gasteiger charge is -2.13. The van der Waals surface area contributed by atoms with E-state index in [1.165, 1.54) is 31.2 Å². The maximum Gasteiger partial charge on any atom is 0.338 e. The Morgan fingerprint density at radius 3 is 2.61 bits per heavy atom. The van der Waals surface area contributed by atoms with E-state index in [0.717, 1.165) is 5.52 Å². The second kappa shape index (κ2) is 7.82. The third kappa shape index (κ3) is 3.95. The van der Waals surface area contributed by atoms with Crippen molar-refractivity contribution in [1.29, 1.82) is 0 Å². The Morgan fingerprint density at radius 1 is 1.25 bits per heavy atom. The maximum absolute atomic E-state index is 12.3. The minimum Gasteiger partial charge on any atom is -0.449 e. The van der Waals surface area contributed by atoms with Gasteiger partial charge in [0, 0.05) is 24.4 Å². The topological polar surface area (TPSA) is 129 Å². The van der Waals surface area contributed by atoms with Crippen LogP contribution in [-0.2, 0) is 16.1 Å². The molecule has 1 heterocycles. The molecule has 0 bridgehead atoms. The van der Waals surface area contributed by atoms with E-state index >= 15 is 0 Å². The molecule has 0 fully saturated rings. The van der Waals surface area contributed by atoms with Crippen molar-refractivity contribution < 1.29 is 19.2 Å². The summed E-state index contributed by atoms with van der Waals surface area (Å²) < 4.78 is 6.90. The van der Waals surface area contributed by atoms with Crippen molar-refractivity contribution in [2.45, 2.75) is 26.5 Å². The number of ether oxygens (including phenoxy) is 1. The molecule has 3 aromatic rings. The van der Waals surface area contributed by atoms with Gasteiger partial charge in [0.2, 0.25) is 0 Å². The first-order chi connectivity index (χ1) is 13.4. The van der Waals surface area contributed by atoms with E-state index in [1.54, 1.807) is 22.9 Å². The number of non-ortho nitro benzene ring substituents is 1. The zero-order valence-electron chi connectivity index (χ0n) is 15.2. The fraction of sp³-hybridized carbons (Fsp3) is 0.222. The van der Waals surface area contributed by atoms with Crippen molar-refractivity contribution in [3.05, 3.63) is 58.1 Å². The highest BCUT2D eigenvalue weighted by molar-refractivity contribution is 5.98. The van der Waals surface area contributed by atoms with Crippen LogP contribution in [-0.4, -0.2) is 37.9 Å². The number of hydrogen-bond acceptors (Lipinski definition) is 7. The molecule has 1 aromatic heterocycles. The molecule has 1 N–H and O–H groups in total. The Balaban J connectivity index is 1.64. The number of aryl methyl sites for hydroxylation is 1. The second-order valence-corrected chi connectivity index (χ2v) is 5.95. The number of aromatic nitrogens is 3. The third-order valence-electron chi connectivity index (χ3n) is 4.05. The number of nitro groups is 1. The van der Waals surface area contributed by atoms with Crippen LogP contribution in [0, 0.1) is 10.1 Å². The highest BCUT2D eigenvalue weighted by Gasteiger charge is 2.20. The van der Waals surface area contributed by atoms with Crippen molar-refractivity contribution in [3.8, 4) is 0 Å². The summed E-state index contributed by atoms with van der Waals surface area (Å²) in [6, 6.07) is 10.2. The molecule has 144 valence electrons. The van der Waals surface area contributed by atoms with Crippen molar-refractivity contribution in [2.75, 3.05) is 5.32 Å². The van der Waals surface area contributed by atoms with Gasteiger partial charge in [-0.15, -0.1) is 5.10 Å². The first kappa shape index (κ1) is 19.0. The molecule has 10 heteroatoms. The number of anilines is 1. The molecular weight excluding hydrogens is 366 g/mol. The number of nitro benzene ring substituents is 1. The molecule has 3 rings (SSSR count).